The summed E-state index contributed by atoms with van der Waals surface area (Å²) in [5.41, 5.74) is 2.15. The lowest BCUT2D eigenvalue weighted by Gasteiger charge is -2.26. The number of amides is 1. The fourth-order valence-electron chi connectivity index (χ4n) is 3.41. The van der Waals surface area contributed by atoms with Crippen LogP contribution < -0.4 is 5.32 Å². The predicted octanol–water partition coefficient (Wildman–Crippen LogP) is 4.67. The van der Waals surface area contributed by atoms with Crippen LogP contribution in [-0.4, -0.2) is 42.7 Å². The Morgan fingerprint density at radius 3 is 2.86 bits per heavy atom. The summed E-state index contributed by atoms with van der Waals surface area (Å²) in [6.45, 7) is 7.06. The molecule has 150 valence electrons. The van der Waals surface area contributed by atoms with Crippen molar-refractivity contribution >= 4 is 40.0 Å². The first-order valence-electron chi connectivity index (χ1n) is 9.56. The van der Waals surface area contributed by atoms with Gasteiger partial charge in [-0.15, -0.1) is 23.1 Å². The summed E-state index contributed by atoms with van der Waals surface area (Å²) in [5, 5.41) is 3.57. The molecule has 0 aliphatic carbocycles. The van der Waals surface area contributed by atoms with E-state index in [1.807, 2.05) is 24.5 Å². The third-order valence-corrected chi connectivity index (χ3v) is 6.57. The minimum absolute atomic E-state index is 0.203. The van der Waals surface area contributed by atoms with E-state index in [0.717, 1.165) is 47.8 Å². The number of benzene rings is 1. The van der Waals surface area contributed by atoms with E-state index in [1.54, 1.807) is 24.8 Å². The molecule has 1 aromatic carbocycles. The SMILES string of the molecule is CCCN1CCc2c(sc(NC(=O)c3cccc(SC)c3)c2C(=O)OCC)C1. The van der Waals surface area contributed by atoms with Crippen LogP contribution in [0.15, 0.2) is 29.2 Å². The Kier molecular flexibility index (Phi) is 7.15. The highest BCUT2D eigenvalue weighted by atomic mass is 32.2. The number of nitrogens with one attached hydrogen (secondary N) is 1. The second kappa shape index (κ2) is 9.58. The van der Waals surface area contributed by atoms with Crippen molar-refractivity contribution in [3.05, 3.63) is 45.8 Å². The molecule has 1 amide bonds. The lowest BCUT2D eigenvalue weighted by molar-refractivity contribution is 0.0526. The maximum absolute atomic E-state index is 12.8. The Morgan fingerprint density at radius 1 is 1.32 bits per heavy atom. The Morgan fingerprint density at radius 2 is 2.14 bits per heavy atom. The molecule has 1 N–H and O–H groups in total. The molecule has 5 nitrogen and oxygen atoms in total. The zero-order valence-electron chi connectivity index (χ0n) is 16.5. The first-order valence-corrected chi connectivity index (χ1v) is 11.6. The third kappa shape index (κ3) is 4.59. The van der Waals surface area contributed by atoms with Gasteiger partial charge in [0.2, 0.25) is 0 Å². The van der Waals surface area contributed by atoms with Gasteiger partial charge in [-0.2, -0.15) is 0 Å². The number of rotatable bonds is 7. The number of anilines is 1. The molecule has 1 aliphatic heterocycles. The van der Waals surface area contributed by atoms with Crippen LogP contribution in [0.4, 0.5) is 5.00 Å². The lowest BCUT2D eigenvalue weighted by atomic mass is 10.0. The zero-order valence-corrected chi connectivity index (χ0v) is 18.2. The number of carbonyl (C=O) groups is 2. The molecule has 0 fully saturated rings. The standard InChI is InChI=1S/C21H26N2O3S2/c1-4-10-23-11-9-16-17(13-23)28-20(18(16)21(25)26-5-2)22-19(24)14-7-6-8-15(12-14)27-3/h6-8,12H,4-5,9-11,13H2,1-3H3,(H,22,24). The molecule has 1 aliphatic rings. The van der Waals surface area contributed by atoms with Gasteiger partial charge < -0.3 is 10.1 Å². The molecular weight excluding hydrogens is 392 g/mol. The number of esters is 1. The Bertz CT molecular complexity index is 863. The molecule has 7 heteroatoms. The summed E-state index contributed by atoms with van der Waals surface area (Å²) in [7, 11) is 0. The van der Waals surface area contributed by atoms with E-state index in [9.17, 15) is 9.59 Å². The molecule has 3 rings (SSSR count). The Balaban J connectivity index is 1.91. The molecule has 0 saturated carbocycles. The van der Waals surface area contributed by atoms with Gasteiger partial charge in [-0.05, 0) is 56.3 Å². The molecule has 0 radical (unpaired) electrons. The van der Waals surface area contributed by atoms with Crippen molar-refractivity contribution in [2.24, 2.45) is 0 Å². The maximum atomic E-state index is 12.8. The fraction of sp³-hybridized carbons (Fsp3) is 0.429. The quantitative estimate of drug-likeness (QED) is 0.523. The van der Waals surface area contributed by atoms with Crippen LogP contribution in [-0.2, 0) is 17.7 Å². The minimum atomic E-state index is -0.350. The summed E-state index contributed by atoms with van der Waals surface area (Å²) in [6, 6.07) is 7.49. The van der Waals surface area contributed by atoms with Gasteiger partial charge in [0, 0.05) is 28.4 Å². The molecule has 28 heavy (non-hydrogen) atoms. The summed E-state index contributed by atoms with van der Waals surface area (Å²) >= 11 is 3.09. The zero-order chi connectivity index (χ0) is 20.1. The van der Waals surface area contributed by atoms with Crippen LogP contribution in [0.25, 0.3) is 0 Å². The molecule has 1 aromatic heterocycles. The van der Waals surface area contributed by atoms with Crippen molar-refractivity contribution in [3.63, 3.8) is 0 Å². The number of thioether (sulfide) groups is 1. The molecule has 0 bridgehead atoms. The molecule has 2 heterocycles. The van der Waals surface area contributed by atoms with Crippen molar-refractivity contribution in [1.82, 2.24) is 4.90 Å². The maximum Gasteiger partial charge on any atom is 0.341 e. The summed E-state index contributed by atoms with van der Waals surface area (Å²) in [4.78, 5) is 30.0. The van der Waals surface area contributed by atoms with Crippen LogP contribution in [0.2, 0.25) is 0 Å². The van der Waals surface area contributed by atoms with Gasteiger partial charge in [0.05, 0.1) is 12.2 Å². The summed E-state index contributed by atoms with van der Waals surface area (Å²) in [6.07, 6.45) is 3.88. The highest BCUT2D eigenvalue weighted by molar-refractivity contribution is 7.98. The number of nitrogens with zero attached hydrogens (tertiary/aromatic N) is 1. The number of fused-ring (bicyclic) bond motifs is 1. The second-order valence-electron chi connectivity index (χ2n) is 6.64. The van der Waals surface area contributed by atoms with E-state index in [2.05, 4.69) is 17.1 Å². The molecule has 0 saturated heterocycles. The number of hydrogen-bond acceptors (Lipinski definition) is 6. The average Bonchev–Trinajstić information content (AvgIpc) is 3.05. The van der Waals surface area contributed by atoms with Gasteiger partial charge in [0.1, 0.15) is 5.00 Å². The van der Waals surface area contributed by atoms with Crippen molar-refractivity contribution < 1.29 is 14.3 Å². The van der Waals surface area contributed by atoms with Crippen LogP contribution in [0.1, 0.15) is 51.4 Å². The third-order valence-electron chi connectivity index (χ3n) is 4.71. The topological polar surface area (TPSA) is 58.6 Å². The van der Waals surface area contributed by atoms with Crippen LogP contribution in [0.5, 0.6) is 0 Å². The summed E-state index contributed by atoms with van der Waals surface area (Å²) < 4.78 is 5.29. The van der Waals surface area contributed by atoms with Gasteiger partial charge in [0.15, 0.2) is 0 Å². The summed E-state index contributed by atoms with van der Waals surface area (Å²) in [5.74, 6) is -0.553. The first-order chi connectivity index (χ1) is 13.6. The number of hydrogen-bond donors (Lipinski definition) is 1. The highest BCUT2D eigenvalue weighted by Gasteiger charge is 2.29. The number of thiophene rings is 1. The van der Waals surface area contributed by atoms with E-state index in [0.29, 0.717) is 22.7 Å². The predicted molar refractivity (Wildman–Crippen MR) is 116 cm³/mol. The van der Waals surface area contributed by atoms with E-state index >= 15 is 0 Å². The molecular formula is C21H26N2O3S2. The largest absolute Gasteiger partial charge is 0.462 e. The van der Waals surface area contributed by atoms with Crippen LogP contribution >= 0.6 is 23.1 Å². The molecule has 0 unspecified atom stereocenters. The average molecular weight is 419 g/mol. The second-order valence-corrected chi connectivity index (χ2v) is 8.63. The number of carbonyl (C=O) groups excluding carboxylic acids is 2. The Labute approximate surface area is 174 Å². The first kappa shape index (κ1) is 20.9. The van der Waals surface area contributed by atoms with E-state index in [-0.39, 0.29) is 11.9 Å². The van der Waals surface area contributed by atoms with Crippen LogP contribution in [0, 0.1) is 0 Å². The lowest BCUT2D eigenvalue weighted by Crippen LogP contribution is -2.30. The van der Waals surface area contributed by atoms with Crippen molar-refractivity contribution in [3.8, 4) is 0 Å². The van der Waals surface area contributed by atoms with Gasteiger partial charge in [-0.25, -0.2) is 4.79 Å². The van der Waals surface area contributed by atoms with Gasteiger partial charge >= 0.3 is 5.97 Å². The van der Waals surface area contributed by atoms with E-state index in [1.165, 1.54) is 11.3 Å². The smallest absolute Gasteiger partial charge is 0.341 e. The molecule has 0 atom stereocenters. The molecule has 2 aromatic rings. The molecule has 0 spiro atoms. The van der Waals surface area contributed by atoms with E-state index in [4.69, 9.17) is 4.74 Å². The van der Waals surface area contributed by atoms with Gasteiger partial charge in [0.25, 0.3) is 5.91 Å². The fourth-order valence-corrected chi connectivity index (χ4v) is 5.14. The van der Waals surface area contributed by atoms with Gasteiger partial charge in [-0.1, -0.05) is 13.0 Å². The van der Waals surface area contributed by atoms with Gasteiger partial charge in [-0.3, -0.25) is 9.69 Å². The van der Waals surface area contributed by atoms with Crippen LogP contribution in [0.3, 0.4) is 0 Å². The Hall–Kier alpha value is -1.83. The van der Waals surface area contributed by atoms with Crippen molar-refractivity contribution in [2.45, 2.75) is 38.1 Å². The minimum Gasteiger partial charge on any atom is -0.462 e. The van der Waals surface area contributed by atoms with E-state index < -0.39 is 0 Å². The number of ether oxygens (including phenoxy) is 1. The van der Waals surface area contributed by atoms with Crippen molar-refractivity contribution in [2.75, 3.05) is 31.3 Å². The monoisotopic (exact) mass is 418 g/mol. The normalized spacial score (nSPS) is 13.8. The highest BCUT2D eigenvalue weighted by Crippen LogP contribution is 2.38. The van der Waals surface area contributed by atoms with Crippen molar-refractivity contribution in [1.29, 1.82) is 0 Å².